The van der Waals surface area contributed by atoms with Gasteiger partial charge in [0.2, 0.25) is 5.95 Å². The third kappa shape index (κ3) is 2.15. The molecule has 2 heterocycles. The van der Waals surface area contributed by atoms with E-state index in [1.165, 1.54) is 12.8 Å². The zero-order chi connectivity index (χ0) is 10.7. The van der Waals surface area contributed by atoms with Gasteiger partial charge < -0.3 is 14.8 Å². The summed E-state index contributed by atoms with van der Waals surface area (Å²) >= 11 is 0. The number of imidazole rings is 1. The minimum atomic E-state index is 0.686. The number of anilines is 1. The molecular formula is C11H20N4. The SMILES string of the molecule is CCn1ccnc1N1CCC(NC)CC1. The van der Waals surface area contributed by atoms with Crippen molar-refractivity contribution in [2.24, 2.45) is 0 Å². The maximum atomic E-state index is 4.43. The zero-order valence-electron chi connectivity index (χ0n) is 9.61. The minimum absolute atomic E-state index is 0.686. The second-order valence-electron chi connectivity index (χ2n) is 4.06. The summed E-state index contributed by atoms with van der Waals surface area (Å²) in [4.78, 5) is 6.82. The topological polar surface area (TPSA) is 33.1 Å². The lowest BCUT2D eigenvalue weighted by Crippen LogP contribution is -2.42. The fourth-order valence-corrected chi connectivity index (χ4v) is 2.20. The molecule has 0 aromatic carbocycles. The molecular weight excluding hydrogens is 188 g/mol. The first kappa shape index (κ1) is 10.5. The Morgan fingerprint density at radius 2 is 2.20 bits per heavy atom. The van der Waals surface area contributed by atoms with Gasteiger partial charge in [-0.25, -0.2) is 4.98 Å². The first-order valence-electron chi connectivity index (χ1n) is 5.78. The highest BCUT2D eigenvalue weighted by Gasteiger charge is 2.20. The Bertz CT molecular complexity index is 299. The van der Waals surface area contributed by atoms with Crippen LogP contribution in [0.4, 0.5) is 5.95 Å². The van der Waals surface area contributed by atoms with Gasteiger partial charge in [-0.15, -0.1) is 0 Å². The normalized spacial score (nSPS) is 18.4. The summed E-state index contributed by atoms with van der Waals surface area (Å²) < 4.78 is 2.21. The van der Waals surface area contributed by atoms with E-state index in [0.29, 0.717) is 6.04 Å². The smallest absolute Gasteiger partial charge is 0.205 e. The number of hydrogen-bond donors (Lipinski definition) is 1. The summed E-state index contributed by atoms with van der Waals surface area (Å²) in [5.41, 5.74) is 0. The van der Waals surface area contributed by atoms with Gasteiger partial charge in [-0.05, 0) is 26.8 Å². The number of nitrogens with zero attached hydrogens (tertiary/aromatic N) is 3. The Morgan fingerprint density at radius 3 is 2.80 bits per heavy atom. The van der Waals surface area contributed by atoms with Crippen molar-refractivity contribution < 1.29 is 0 Å². The van der Waals surface area contributed by atoms with E-state index in [0.717, 1.165) is 25.6 Å². The van der Waals surface area contributed by atoms with Crippen LogP contribution in [0, 0.1) is 0 Å². The number of nitrogens with one attached hydrogen (secondary N) is 1. The summed E-state index contributed by atoms with van der Waals surface area (Å²) in [6.45, 7) is 5.39. The summed E-state index contributed by atoms with van der Waals surface area (Å²) in [7, 11) is 2.05. The monoisotopic (exact) mass is 208 g/mol. The molecule has 0 spiro atoms. The van der Waals surface area contributed by atoms with Crippen LogP contribution in [0.25, 0.3) is 0 Å². The standard InChI is InChI=1S/C11H20N4/c1-3-14-9-6-13-11(14)15-7-4-10(12-2)5-8-15/h6,9-10,12H,3-5,7-8H2,1-2H3. The van der Waals surface area contributed by atoms with E-state index in [2.05, 4.69) is 32.9 Å². The molecule has 1 N–H and O–H groups in total. The predicted octanol–water partition coefficient (Wildman–Crippen LogP) is 1.09. The first-order chi connectivity index (χ1) is 7.35. The minimum Gasteiger partial charge on any atom is -0.342 e. The molecule has 4 heteroatoms. The van der Waals surface area contributed by atoms with Gasteiger partial charge in [0.1, 0.15) is 0 Å². The molecule has 0 radical (unpaired) electrons. The fourth-order valence-electron chi connectivity index (χ4n) is 2.20. The highest BCUT2D eigenvalue weighted by molar-refractivity contribution is 5.32. The molecule has 2 rings (SSSR count). The van der Waals surface area contributed by atoms with E-state index in [-0.39, 0.29) is 0 Å². The molecule has 0 unspecified atom stereocenters. The Balaban J connectivity index is 2.01. The summed E-state index contributed by atoms with van der Waals surface area (Å²) in [6, 6.07) is 0.686. The molecule has 0 aliphatic carbocycles. The van der Waals surface area contributed by atoms with Crippen LogP contribution in [0.3, 0.4) is 0 Å². The van der Waals surface area contributed by atoms with Crippen LogP contribution in [-0.4, -0.2) is 35.7 Å². The summed E-state index contributed by atoms with van der Waals surface area (Å²) in [6.07, 6.45) is 6.38. The molecule has 0 bridgehead atoms. The molecule has 0 saturated carbocycles. The van der Waals surface area contributed by atoms with Crippen molar-refractivity contribution in [3.8, 4) is 0 Å². The van der Waals surface area contributed by atoms with Gasteiger partial charge in [-0.1, -0.05) is 0 Å². The number of aromatic nitrogens is 2. The summed E-state index contributed by atoms with van der Waals surface area (Å²) in [5.74, 6) is 1.13. The van der Waals surface area contributed by atoms with Crippen molar-refractivity contribution in [2.75, 3.05) is 25.0 Å². The van der Waals surface area contributed by atoms with Crippen LogP contribution < -0.4 is 10.2 Å². The number of hydrogen-bond acceptors (Lipinski definition) is 3. The number of aryl methyl sites for hydroxylation is 1. The number of piperidine rings is 1. The van der Waals surface area contributed by atoms with E-state index < -0.39 is 0 Å². The highest BCUT2D eigenvalue weighted by Crippen LogP contribution is 2.17. The third-order valence-corrected chi connectivity index (χ3v) is 3.22. The van der Waals surface area contributed by atoms with Crippen molar-refractivity contribution in [1.29, 1.82) is 0 Å². The van der Waals surface area contributed by atoms with Crippen molar-refractivity contribution in [2.45, 2.75) is 32.4 Å². The molecule has 1 saturated heterocycles. The van der Waals surface area contributed by atoms with Crippen molar-refractivity contribution >= 4 is 5.95 Å². The van der Waals surface area contributed by atoms with E-state index in [1.54, 1.807) is 0 Å². The van der Waals surface area contributed by atoms with Crippen LogP contribution in [0.5, 0.6) is 0 Å². The Hall–Kier alpha value is -1.03. The highest BCUT2D eigenvalue weighted by atomic mass is 15.3. The average molecular weight is 208 g/mol. The molecule has 1 fully saturated rings. The van der Waals surface area contributed by atoms with Gasteiger partial charge in [-0.2, -0.15) is 0 Å². The third-order valence-electron chi connectivity index (χ3n) is 3.22. The van der Waals surface area contributed by atoms with Crippen LogP contribution in [-0.2, 0) is 6.54 Å². The molecule has 1 aromatic rings. The Labute approximate surface area is 91.3 Å². The first-order valence-corrected chi connectivity index (χ1v) is 5.78. The van der Waals surface area contributed by atoms with Crippen LogP contribution in [0.15, 0.2) is 12.4 Å². The summed E-state index contributed by atoms with van der Waals surface area (Å²) in [5, 5.41) is 3.34. The van der Waals surface area contributed by atoms with Gasteiger partial charge in [0, 0.05) is 38.1 Å². The molecule has 4 nitrogen and oxygen atoms in total. The molecule has 15 heavy (non-hydrogen) atoms. The lowest BCUT2D eigenvalue weighted by atomic mass is 10.1. The van der Waals surface area contributed by atoms with Gasteiger partial charge in [-0.3, -0.25) is 0 Å². The van der Waals surface area contributed by atoms with Gasteiger partial charge in [0.05, 0.1) is 0 Å². The molecule has 1 aliphatic rings. The maximum absolute atomic E-state index is 4.43. The lowest BCUT2D eigenvalue weighted by Gasteiger charge is -2.32. The quantitative estimate of drug-likeness (QED) is 0.807. The van der Waals surface area contributed by atoms with Crippen LogP contribution in [0.1, 0.15) is 19.8 Å². The predicted molar refractivity (Wildman–Crippen MR) is 62.2 cm³/mol. The molecule has 1 aliphatic heterocycles. The second kappa shape index (κ2) is 4.66. The van der Waals surface area contributed by atoms with E-state index in [1.807, 2.05) is 13.2 Å². The van der Waals surface area contributed by atoms with Crippen LogP contribution in [0.2, 0.25) is 0 Å². The largest absolute Gasteiger partial charge is 0.342 e. The van der Waals surface area contributed by atoms with Gasteiger partial charge >= 0.3 is 0 Å². The Kier molecular flexibility index (Phi) is 3.26. The van der Waals surface area contributed by atoms with E-state index in [4.69, 9.17) is 0 Å². The van der Waals surface area contributed by atoms with Gasteiger partial charge in [0.15, 0.2) is 0 Å². The van der Waals surface area contributed by atoms with Gasteiger partial charge in [0.25, 0.3) is 0 Å². The number of rotatable bonds is 3. The van der Waals surface area contributed by atoms with Crippen molar-refractivity contribution in [3.05, 3.63) is 12.4 Å². The van der Waals surface area contributed by atoms with E-state index >= 15 is 0 Å². The van der Waals surface area contributed by atoms with E-state index in [9.17, 15) is 0 Å². The maximum Gasteiger partial charge on any atom is 0.205 e. The second-order valence-corrected chi connectivity index (χ2v) is 4.06. The lowest BCUT2D eigenvalue weighted by molar-refractivity contribution is 0.436. The zero-order valence-corrected chi connectivity index (χ0v) is 9.61. The average Bonchev–Trinajstić information content (AvgIpc) is 2.77. The molecule has 1 aromatic heterocycles. The van der Waals surface area contributed by atoms with Crippen molar-refractivity contribution in [1.82, 2.24) is 14.9 Å². The Morgan fingerprint density at radius 1 is 1.47 bits per heavy atom. The van der Waals surface area contributed by atoms with Crippen LogP contribution >= 0.6 is 0 Å². The fraction of sp³-hybridized carbons (Fsp3) is 0.727. The molecule has 0 atom stereocenters. The molecule has 84 valence electrons. The van der Waals surface area contributed by atoms with Crippen molar-refractivity contribution in [3.63, 3.8) is 0 Å². The molecule has 0 amide bonds.